The number of anilines is 1. The number of piperidine rings is 1. The first-order valence-electron chi connectivity index (χ1n) is 13.8. The number of nitrogens with one attached hydrogen (secondary N) is 1. The number of aromatic nitrogens is 4. The topological polar surface area (TPSA) is 132 Å². The molecule has 0 unspecified atom stereocenters. The van der Waals surface area contributed by atoms with Gasteiger partial charge in [-0.2, -0.15) is 5.10 Å². The third kappa shape index (κ3) is 5.60. The Hall–Kier alpha value is -3.57. The fraction of sp³-hybridized carbons (Fsp3) is 0.536. The highest BCUT2D eigenvalue weighted by molar-refractivity contribution is 5.91. The molecule has 3 fully saturated rings. The minimum absolute atomic E-state index is 0.0361. The van der Waals surface area contributed by atoms with Gasteiger partial charge >= 0.3 is 0 Å². The summed E-state index contributed by atoms with van der Waals surface area (Å²) in [5.41, 5.74) is 0.364. The first kappa shape index (κ1) is 25.7. The van der Waals surface area contributed by atoms with Crippen molar-refractivity contribution in [1.82, 2.24) is 24.2 Å². The summed E-state index contributed by atoms with van der Waals surface area (Å²) in [6.07, 6.45) is 7.94. The van der Waals surface area contributed by atoms with Crippen molar-refractivity contribution >= 4 is 28.5 Å². The van der Waals surface area contributed by atoms with E-state index < -0.39 is 5.60 Å². The third-order valence-corrected chi connectivity index (χ3v) is 8.14. The molecular weight excluding hydrogens is 500 g/mol. The van der Waals surface area contributed by atoms with Crippen LogP contribution >= 0.6 is 0 Å². The fourth-order valence-corrected chi connectivity index (χ4v) is 5.60. The van der Waals surface area contributed by atoms with Crippen LogP contribution in [0.25, 0.3) is 16.7 Å². The zero-order valence-electron chi connectivity index (χ0n) is 21.9. The van der Waals surface area contributed by atoms with Gasteiger partial charge in [0, 0.05) is 44.3 Å². The first-order chi connectivity index (χ1) is 18.9. The van der Waals surface area contributed by atoms with Gasteiger partial charge in [-0.1, -0.05) is 6.07 Å². The van der Waals surface area contributed by atoms with Crippen molar-refractivity contribution in [2.75, 3.05) is 31.6 Å². The zero-order valence-corrected chi connectivity index (χ0v) is 21.9. The number of fused-ring (bicyclic) bond motifs is 1. The largest absolute Gasteiger partial charge is 0.388 e. The van der Waals surface area contributed by atoms with Gasteiger partial charge in [-0.15, -0.1) is 0 Å². The van der Waals surface area contributed by atoms with Gasteiger partial charge in [-0.05, 0) is 62.6 Å². The fourth-order valence-electron chi connectivity index (χ4n) is 5.60. The van der Waals surface area contributed by atoms with E-state index in [0.717, 1.165) is 25.7 Å². The molecule has 206 valence electrons. The first-order valence-corrected chi connectivity index (χ1v) is 13.8. The summed E-state index contributed by atoms with van der Waals surface area (Å²) in [7, 11) is 0. The van der Waals surface area contributed by atoms with Crippen LogP contribution in [0.1, 0.15) is 44.9 Å². The van der Waals surface area contributed by atoms with Crippen LogP contribution in [0.15, 0.2) is 41.6 Å². The molecule has 3 aliphatic rings. The average molecular weight is 535 g/mol. The van der Waals surface area contributed by atoms with Gasteiger partial charge in [0.2, 0.25) is 11.8 Å². The van der Waals surface area contributed by atoms with Crippen LogP contribution in [0.3, 0.4) is 0 Å². The summed E-state index contributed by atoms with van der Waals surface area (Å²) in [5, 5.41) is 18.9. The van der Waals surface area contributed by atoms with Gasteiger partial charge in [0.25, 0.3) is 5.56 Å². The Morgan fingerprint density at radius 1 is 1.13 bits per heavy atom. The van der Waals surface area contributed by atoms with Crippen molar-refractivity contribution in [2.24, 2.45) is 11.8 Å². The van der Waals surface area contributed by atoms with E-state index in [4.69, 9.17) is 4.74 Å². The van der Waals surface area contributed by atoms with Crippen LogP contribution in [0.4, 0.5) is 5.69 Å². The van der Waals surface area contributed by atoms with E-state index in [2.05, 4.69) is 15.4 Å². The number of amides is 2. The number of aliphatic hydroxyl groups is 1. The van der Waals surface area contributed by atoms with Gasteiger partial charge in [0.1, 0.15) is 11.7 Å². The lowest BCUT2D eigenvalue weighted by Gasteiger charge is -2.38. The molecule has 2 aromatic heterocycles. The normalized spacial score (nSPS) is 19.8. The lowest BCUT2D eigenvalue weighted by atomic mass is 9.91. The van der Waals surface area contributed by atoms with Crippen LogP contribution in [0.5, 0.6) is 0 Å². The second-order valence-corrected chi connectivity index (χ2v) is 11.2. The van der Waals surface area contributed by atoms with E-state index in [1.807, 2.05) is 23.1 Å². The van der Waals surface area contributed by atoms with Crippen molar-refractivity contribution in [3.05, 3.63) is 47.1 Å². The molecule has 39 heavy (non-hydrogen) atoms. The predicted molar refractivity (Wildman–Crippen MR) is 143 cm³/mol. The number of benzene rings is 1. The smallest absolute Gasteiger partial charge is 0.264 e. The van der Waals surface area contributed by atoms with E-state index in [0.29, 0.717) is 73.9 Å². The van der Waals surface area contributed by atoms with Crippen LogP contribution < -0.4 is 10.9 Å². The molecule has 0 spiro atoms. The molecule has 1 aliphatic carbocycles. The van der Waals surface area contributed by atoms with E-state index in [1.165, 1.54) is 17.1 Å². The van der Waals surface area contributed by atoms with Gasteiger partial charge in [-0.3, -0.25) is 19.0 Å². The summed E-state index contributed by atoms with van der Waals surface area (Å²) < 4.78 is 8.38. The summed E-state index contributed by atoms with van der Waals surface area (Å²) in [6, 6.07) is 7.29. The molecule has 4 heterocycles. The predicted octanol–water partition coefficient (Wildman–Crippen LogP) is 2.10. The second-order valence-electron chi connectivity index (χ2n) is 11.2. The van der Waals surface area contributed by atoms with Crippen molar-refractivity contribution in [3.8, 4) is 5.69 Å². The molecule has 2 amide bonds. The maximum absolute atomic E-state index is 13.3. The number of hydrogen-bond donors (Lipinski definition) is 2. The maximum Gasteiger partial charge on any atom is 0.264 e. The minimum Gasteiger partial charge on any atom is -0.388 e. The molecule has 2 aliphatic heterocycles. The van der Waals surface area contributed by atoms with E-state index >= 15 is 0 Å². The highest BCUT2D eigenvalue weighted by Crippen LogP contribution is 2.33. The average Bonchev–Trinajstić information content (AvgIpc) is 3.69. The summed E-state index contributed by atoms with van der Waals surface area (Å²) in [4.78, 5) is 44.6. The Bertz CT molecular complexity index is 1430. The number of nitrogens with zero attached hydrogens (tertiary/aromatic N) is 5. The van der Waals surface area contributed by atoms with Gasteiger partial charge in [0.15, 0.2) is 5.65 Å². The Kier molecular flexibility index (Phi) is 6.94. The lowest BCUT2D eigenvalue weighted by molar-refractivity contribution is -0.137. The molecule has 2 saturated heterocycles. The second kappa shape index (κ2) is 10.5. The molecule has 3 aromatic rings. The number of hydrogen-bond acceptors (Lipinski definition) is 7. The number of ether oxygens (including phenoxy) is 1. The van der Waals surface area contributed by atoms with Crippen LogP contribution in [-0.4, -0.2) is 73.1 Å². The van der Waals surface area contributed by atoms with Crippen LogP contribution in [0, 0.1) is 11.8 Å². The van der Waals surface area contributed by atoms with Crippen LogP contribution in [-0.2, 0) is 20.9 Å². The standard InChI is InChI=1S/C28H34N6O5/c35-24(14-19-6-12-39-13-7-19)31-21-2-1-3-22(15-21)34-25-23(16-30-34)27(37)33(18-29-25)17-28(38)8-10-32(11-9-28)26(36)20-4-5-20/h1-3,15-16,18-20,38H,4-14,17H2,(H,31,35). The van der Waals surface area contributed by atoms with Crippen molar-refractivity contribution in [1.29, 1.82) is 0 Å². The molecule has 11 heteroatoms. The number of carbonyl (C=O) groups excluding carboxylic acids is 2. The Labute approximate surface area is 225 Å². The quantitative estimate of drug-likeness (QED) is 0.475. The Balaban J connectivity index is 1.15. The highest BCUT2D eigenvalue weighted by Gasteiger charge is 2.39. The number of likely N-dealkylation sites (tertiary alicyclic amines) is 1. The van der Waals surface area contributed by atoms with Crippen molar-refractivity contribution in [3.63, 3.8) is 0 Å². The highest BCUT2D eigenvalue weighted by atomic mass is 16.5. The van der Waals surface area contributed by atoms with Gasteiger partial charge in [-0.25, -0.2) is 9.67 Å². The van der Waals surface area contributed by atoms with Crippen molar-refractivity contribution < 1.29 is 19.4 Å². The van der Waals surface area contributed by atoms with Gasteiger partial charge in [0.05, 0.1) is 24.0 Å². The summed E-state index contributed by atoms with van der Waals surface area (Å²) in [5.74, 6) is 0.647. The molecule has 0 bridgehead atoms. The zero-order chi connectivity index (χ0) is 27.0. The number of carbonyl (C=O) groups is 2. The maximum atomic E-state index is 13.3. The number of rotatable bonds is 7. The molecule has 0 radical (unpaired) electrons. The van der Waals surface area contributed by atoms with E-state index in [9.17, 15) is 19.5 Å². The lowest BCUT2D eigenvalue weighted by Crippen LogP contribution is -2.50. The summed E-state index contributed by atoms with van der Waals surface area (Å²) in [6.45, 7) is 2.51. The van der Waals surface area contributed by atoms with E-state index in [-0.39, 0.29) is 29.8 Å². The summed E-state index contributed by atoms with van der Waals surface area (Å²) >= 11 is 0. The van der Waals surface area contributed by atoms with Crippen LogP contribution in [0.2, 0.25) is 0 Å². The molecule has 2 N–H and O–H groups in total. The molecule has 0 atom stereocenters. The Morgan fingerprint density at radius 2 is 1.90 bits per heavy atom. The molecule has 6 rings (SSSR count). The molecule has 1 aromatic carbocycles. The molecular formula is C28H34N6O5. The molecule has 11 nitrogen and oxygen atoms in total. The SMILES string of the molecule is O=C(CC1CCOCC1)Nc1cccc(-n2ncc3c(=O)n(CC4(O)CCN(C(=O)C5CC5)CC4)cnc32)c1. The molecule has 1 saturated carbocycles. The van der Waals surface area contributed by atoms with E-state index in [1.54, 1.807) is 10.7 Å². The third-order valence-electron chi connectivity index (χ3n) is 8.14. The minimum atomic E-state index is -1.08. The monoisotopic (exact) mass is 534 g/mol. The van der Waals surface area contributed by atoms with Gasteiger partial charge < -0.3 is 20.1 Å². The Morgan fingerprint density at radius 3 is 2.64 bits per heavy atom. The van der Waals surface area contributed by atoms with Crippen molar-refractivity contribution in [2.45, 2.75) is 57.1 Å².